The Morgan fingerprint density at radius 2 is 1.00 bits per heavy atom. The number of ether oxygens (including phenoxy) is 4. The second-order valence-electron chi connectivity index (χ2n) is 9.49. The quantitative estimate of drug-likeness (QED) is 0.589. The van der Waals surface area contributed by atoms with Crippen LogP contribution in [0.15, 0.2) is 24.3 Å². The molecule has 8 heteroatoms. The van der Waals surface area contributed by atoms with Gasteiger partial charge in [-0.15, -0.1) is 0 Å². The lowest BCUT2D eigenvalue weighted by molar-refractivity contribution is 0.0476. The summed E-state index contributed by atoms with van der Waals surface area (Å²) in [5.41, 5.74) is 4.68. The summed E-state index contributed by atoms with van der Waals surface area (Å²) >= 11 is 0. The van der Waals surface area contributed by atoms with Gasteiger partial charge < -0.3 is 29.2 Å². The zero-order chi connectivity index (χ0) is 25.3. The van der Waals surface area contributed by atoms with Crippen molar-refractivity contribution in [1.29, 1.82) is 0 Å². The number of hydrogen-bond acceptors (Lipinski definition) is 8. The van der Waals surface area contributed by atoms with Gasteiger partial charge in [-0.2, -0.15) is 0 Å². The van der Waals surface area contributed by atoms with Crippen molar-refractivity contribution >= 4 is 0 Å². The minimum Gasteiger partial charge on any atom is -0.493 e. The molecule has 0 aliphatic carbocycles. The van der Waals surface area contributed by atoms with Crippen LogP contribution in [-0.2, 0) is 12.8 Å². The zero-order valence-electron chi connectivity index (χ0n) is 21.6. The van der Waals surface area contributed by atoms with Crippen LogP contribution >= 0.6 is 0 Å². The highest BCUT2D eigenvalue weighted by Crippen LogP contribution is 2.47. The molecule has 35 heavy (non-hydrogen) atoms. The van der Waals surface area contributed by atoms with Crippen molar-refractivity contribution in [3.05, 3.63) is 46.5 Å². The van der Waals surface area contributed by atoms with E-state index in [2.05, 4.69) is 36.0 Å². The van der Waals surface area contributed by atoms with Crippen LogP contribution in [0.4, 0.5) is 0 Å². The van der Waals surface area contributed by atoms with Crippen molar-refractivity contribution in [1.82, 2.24) is 9.80 Å². The molecule has 0 spiro atoms. The number of likely N-dealkylation sites (N-methyl/N-ethyl adjacent to an activating group) is 2. The number of aliphatic hydroxyl groups is 2. The third kappa shape index (κ3) is 4.56. The van der Waals surface area contributed by atoms with Crippen molar-refractivity contribution in [2.24, 2.45) is 0 Å². The molecule has 2 aliphatic rings. The number of benzene rings is 2. The van der Waals surface area contributed by atoms with E-state index in [1.54, 1.807) is 28.4 Å². The first-order valence-corrected chi connectivity index (χ1v) is 12.1. The van der Waals surface area contributed by atoms with Gasteiger partial charge in [-0.1, -0.05) is 0 Å². The number of nitrogens with zero attached hydrogens (tertiary/aromatic N) is 2. The molecule has 2 aliphatic heterocycles. The molecule has 8 nitrogen and oxygen atoms in total. The van der Waals surface area contributed by atoms with E-state index >= 15 is 0 Å². The van der Waals surface area contributed by atoms with Crippen LogP contribution in [-0.4, -0.2) is 87.8 Å². The minimum absolute atomic E-state index is 0.00184. The van der Waals surface area contributed by atoms with Crippen molar-refractivity contribution in [2.45, 2.75) is 43.4 Å². The lowest BCUT2D eigenvalue weighted by atomic mass is 9.80. The van der Waals surface area contributed by atoms with Gasteiger partial charge in [0, 0.05) is 24.2 Å². The molecule has 0 radical (unpaired) electrons. The molecule has 0 fully saturated rings. The Morgan fingerprint density at radius 1 is 0.657 bits per heavy atom. The summed E-state index contributed by atoms with van der Waals surface area (Å²) < 4.78 is 22.4. The number of methoxy groups -OCH3 is 4. The highest BCUT2D eigenvalue weighted by atomic mass is 16.5. The molecule has 0 saturated heterocycles. The van der Waals surface area contributed by atoms with E-state index in [9.17, 15) is 10.2 Å². The van der Waals surface area contributed by atoms with Crippen LogP contribution in [0.25, 0.3) is 0 Å². The van der Waals surface area contributed by atoms with Crippen molar-refractivity contribution in [3.8, 4) is 23.0 Å². The lowest BCUT2D eigenvalue weighted by Crippen LogP contribution is -2.47. The molecule has 0 saturated carbocycles. The van der Waals surface area contributed by atoms with Crippen LogP contribution in [0.1, 0.15) is 40.8 Å². The predicted molar refractivity (Wildman–Crippen MR) is 134 cm³/mol. The summed E-state index contributed by atoms with van der Waals surface area (Å²) in [6.07, 6.45) is 2.24. The van der Waals surface area contributed by atoms with Crippen molar-refractivity contribution in [3.63, 3.8) is 0 Å². The maximum absolute atomic E-state index is 10.2. The summed E-state index contributed by atoms with van der Waals surface area (Å²) in [5.74, 6) is 2.79. The van der Waals surface area contributed by atoms with E-state index in [1.165, 1.54) is 11.1 Å². The molecule has 4 rings (SSSR count). The highest BCUT2D eigenvalue weighted by Gasteiger charge is 2.39. The van der Waals surface area contributed by atoms with Crippen LogP contribution in [0.5, 0.6) is 23.0 Å². The van der Waals surface area contributed by atoms with Crippen LogP contribution < -0.4 is 18.9 Å². The molecule has 192 valence electrons. The normalized spacial score (nSPS) is 24.5. The molecule has 0 bridgehead atoms. The first-order valence-electron chi connectivity index (χ1n) is 12.1. The fourth-order valence-electron chi connectivity index (χ4n) is 5.78. The van der Waals surface area contributed by atoms with Gasteiger partial charge >= 0.3 is 0 Å². The van der Waals surface area contributed by atoms with Gasteiger partial charge in [0.05, 0.1) is 41.7 Å². The van der Waals surface area contributed by atoms with Gasteiger partial charge in [0.2, 0.25) is 0 Å². The molecular formula is C27H38N2O6. The average molecular weight is 487 g/mol. The number of aliphatic hydroxyl groups excluding tert-OH is 2. The van der Waals surface area contributed by atoms with Crippen molar-refractivity contribution in [2.75, 3.05) is 55.7 Å². The van der Waals surface area contributed by atoms with Gasteiger partial charge in [0.1, 0.15) is 0 Å². The maximum Gasteiger partial charge on any atom is 0.161 e. The Kier molecular flexibility index (Phi) is 7.76. The summed E-state index contributed by atoms with van der Waals surface area (Å²) in [5, 5.41) is 20.4. The third-order valence-electron chi connectivity index (χ3n) is 7.92. The summed E-state index contributed by atoms with van der Waals surface area (Å²) in [4.78, 5) is 4.54. The van der Waals surface area contributed by atoms with Gasteiger partial charge in [-0.05, 0) is 79.9 Å². The zero-order valence-corrected chi connectivity index (χ0v) is 21.6. The molecular weight excluding hydrogens is 448 g/mol. The van der Waals surface area contributed by atoms with E-state index < -0.39 is 0 Å². The Hall–Kier alpha value is -2.52. The number of hydrogen-bond donors (Lipinski definition) is 2. The van der Waals surface area contributed by atoms with E-state index in [4.69, 9.17) is 18.9 Å². The van der Waals surface area contributed by atoms with Crippen LogP contribution in [0, 0.1) is 0 Å². The van der Waals surface area contributed by atoms with Gasteiger partial charge in [-0.3, -0.25) is 9.80 Å². The molecule has 2 N–H and O–H groups in total. The third-order valence-corrected chi connectivity index (χ3v) is 7.92. The molecule has 0 aromatic heterocycles. The summed E-state index contributed by atoms with van der Waals surface area (Å²) in [7, 11) is 10.7. The number of fused-ring (bicyclic) bond motifs is 2. The fraction of sp³-hybridized carbons (Fsp3) is 0.556. The fourth-order valence-corrected chi connectivity index (χ4v) is 5.78. The van der Waals surface area contributed by atoms with E-state index in [1.807, 2.05) is 12.1 Å². The Morgan fingerprint density at radius 3 is 1.31 bits per heavy atom. The summed E-state index contributed by atoms with van der Waals surface area (Å²) in [6, 6.07) is 8.29. The molecule has 2 aromatic carbocycles. The second kappa shape index (κ2) is 10.6. The summed E-state index contributed by atoms with van der Waals surface area (Å²) in [6.45, 7) is 0.143. The second-order valence-corrected chi connectivity index (χ2v) is 9.49. The van der Waals surface area contributed by atoms with Crippen LogP contribution in [0.2, 0.25) is 0 Å². The smallest absolute Gasteiger partial charge is 0.161 e. The SMILES string of the molecule is COc1cc2c(cc1OC)[C@@H](C[C@@H]1c3cc(OC)c(OC)cc3C[C@@H](CO)N1C)N(C)[C@H](CO)C2. The van der Waals surface area contributed by atoms with Gasteiger partial charge in [0.15, 0.2) is 23.0 Å². The van der Waals surface area contributed by atoms with Crippen molar-refractivity contribution < 1.29 is 29.2 Å². The van der Waals surface area contributed by atoms with E-state index in [0.29, 0.717) is 23.0 Å². The molecule has 4 atom stereocenters. The molecule has 0 amide bonds. The van der Waals surface area contributed by atoms with Crippen LogP contribution in [0.3, 0.4) is 0 Å². The minimum atomic E-state index is -0.00184. The maximum atomic E-state index is 10.2. The standard InChI is InChI=1S/C27H38N2O6/c1-28-18(14-30)7-16-9-24(32-3)26(34-5)11-20(16)22(28)13-23-21-12-27(35-6)25(33-4)10-17(21)8-19(15-31)29(23)2/h9-12,18-19,22-23,30-31H,7-8,13-15H2,1-6H3/t18-,19-,22+,23+/m0/s1. The first kappa shape index (κ1) is 25.6. The molecule has 0 unspecified atom stereocenters. The molecule has 2 heterocycles. The number of rotatable bonds is 8. The Balaban J connectivity index is 1.81. The van der Waals surface area contributed by atoms with Gasteiger partial charge in [0.25, 0.3) is 0 Å². The van der Waals surface area contributed by atoms with Gasteiger partial charge in [-0.25, -0.2) is 0 Å². The first-order chi connectivity index (χ1) is 16.9. The largest absolute Gasteiger partial charge is 0.493 e. The predicted octanol–water partition coefficient (Wildman–Crippen LogP) is 2.59. The van der Waals surface area contributed by atoms with E-state index in [-0.39, 0.29) is 37.4 Å². The topological polar surface area (TPSA) is 83.9 Å². The Bertz CT molecular complexity index is 963. The monoisotopic (exact) mass is 486 g/mol. The average Bonchev–Trinajstić information content (AvgIpc) is 2.89. The molecule has 2 aromatic rings. The van der Waals surface area contributed by atoms with E-state index in [0.717, 1.165) is 30.4 Å². The highest BCUT2D eigenvalue weighted by molar-refractivity contribution is 5.52. The lowest BCUT2D eigenvalue weighted by Gasteiger charge is -2.46. The Labute approximate surface area is 208 Å².